The average molecular weight is 531 g/mol. The zero-order chi connectivity index (χ0) is 27.7. The lowest BCUT2D eigenvalue weighted by Crippen LogP contribution is -2.35. The molecule has 2 unspecified atom stereocenters. The van der Waals surface area contributed by atoms with Crippen molar-refractivity contribution in [3.63, 3.8) is 0 Å². The minimum absolute atomic E-state index is 0.152. The molecular weight excluding hydrogens is 509 g/mol. The highest BCUT2D eigenvalue weighted by Gasteiger charge is 2.18. The number of aliphatic hydroxyl groups excluding tert-OH is 2. The highest BCUT2D eigenvalue weighted by Crippen LogP contribution is 2.17. The van der Waals surface area contributed by atoms with Crippen LogP contribution in [0.25, 0.3) is 0 Å². The summed E-state index contributed by atoms with van der Waals surface area (Å²) in [6.45, 7) is -0.715. The maximum atomic E-state index is 13.1. The van der Waals surface area contributed by atoms with Crippen LogP contribution in [-0.2, 0) is 19.1 Å². The van der Waals surface area contributed by atoms with Crippen molar-refractivity contribution in [2.45, 2.75) is 25.5 Å². The fraction of sp³-hybridized carbons (Fsp3) is 0.208. The first kappa shape index (κ1) is 27.9. The molecule has 0 saturated carbocycles. The second-order valence-electron chi connectivity index (χ2n) is 7.57. The molecule has 3 rings (SSSR count). The topological polar surface area (TPSA) is 190 Å². The third kappa shape index (κ3) is 7.92. The zero-order valence-corrected chi connectivity index (χ0v) is 19.5. The summed E-state index contributed by atoms with van der Waals surface area (Å²) in [7, 11) is 0. The van der Waals surface area contributed by atoms with E-state index >= 15 is 0 Å². The summed E-state index contributed by atoms with van der Waals surface area (Å²) >= 11 is 0. The van der Waals surface area contributed by atoms with Crippen LogP contribution >= 0.6 is 0 Å². The van der Waals surface area contributed by atoms with Crippen LogP contribution in [0.2, 0.25) is 0 Å². The van der Waals surface area contributed by atoms with Crippen LogP contribution in [-0.4, -0.2) is 55.5 Å². The lowest BCUT2D eigenvalue weighted by Gasteiger charge is -2.18. The second-order valence-corrected chi connectivity index (χ2v) is 7.57. The van der Waals surface area contributed by atoms with Crippen LogP contribution in [0, 0.1) is 5.82 Å². The number of ether oxygens (including phenoxy) is 3. The monoisotopic (exact) mass is 531 g/mol. The van der Waals surface area contributed by atoms with Gasteiger partial charge in [0.1, 0.15) is 23.9 Å². The Balaban J connectivity index is 1.42. The highest BCUT2D eigenvalue weighted by molar-refractivity contribution is 6.12. The van der Waals surface area contributed by atoms with E-state index in [0.717, 1.165) is 12.3 Å². The first-order valence-electron chi connectivity index (χ1n) is 10.9. The Morgan fingerprint density at radius 3 is 2.16 bits per heavy atom. The van der Waals surface area contributed by atoms with Crippen molar-refractivity contribution in [1.29, 1.82) is 0 Å². The third-order valence-electron chi connectivity index (χ3n) is 4.87. The largest absolute Gasteiger partial charge is 0.460 e. The van der Waals surface area contributed by atoms with Crippen LogP contribution in [0.3, 0.4) is 0 Å². The van der Waals surface area contributed by atoms with Gasteiger partial charge in [-0.3, -0.25) is 23.9 Å². The van der Waals surface area contributed by atoms with Crippen molar-refractivity contribution in [1.82, 2.24) is 9.55 Å². The van der Waals surface area contributed by atoms with Gasteiger partial charge in [0.25, 0.3) is 5.56 Å². The molecule has 200 valence electrons. The molecule has 2 atom stereocenters. The van der Waals surface area contributed by atoms with Crippen molar-refractivity contribution in [3.05, 3.63) is 98.6 Å². The first-order valence-corrected chi connectivity index (χ1v) is 10.9. The molecule has 1 aromatic heterocycles. The van der Waals surface area contributed by atoms with Crippen molar-refractivity contribution in [3.8, 4) is 5.75 Å². The smallest absolute Gasteiger partial charge is 0.332 e. The summed E-state index contributed by atoms with van der Waals surface area (Å²) in [6, 6.07) is 12.2. The summed E-state index contributed by atoms with van der Waals surface area (Å²) in [5.74, 6) is -1.92. The van der Waals surface area contributed by atoms with Crippen molar-refractivity contribution in [2.75, 3.05) is 6.61 Å². The molecule has 0 bridgehead atoms. The lowest BCUT2D eigenvalue weighted by molar-refractivity contribution is -0.256. The number of esters is 2. The number of nitrogens with one attached hydrogen (secondary N) is 1. The number of aromatic amines is 1. The molecule has 13 nitrogen and oxygen atoms in total. The summed E-state index contributed by atoms with van der Waals surface area (Å²) in [5.41, 5.74) is -0.575. The van der Waals surface area contributed by atoms with E-state index < -0.39 is 54.7 Å². The number of hydrogen-bond donors (Lipinski definition) is 4. The Kier molecular flexibility index (Phi) is 9.59. The number of nitrogens with zero attached hydrogens (tertiary/aromatic N) is 2. The van der Waals surface area contributed by atoms with Gasteiger partial charge in [-0.25, -0.2) is 9.18 Å². The molecule has 0 radical (unpaired) electrons. The van der Waals surface area contributed by atoms with Gasteiger partial charge in [-0.05, 0) is 48.5 Å². The number of aromatic nitrogens is 2. The Labute approximate surface area is 212 Å². The molecule has 3 aromatic rings. The first-order chi connectivity index (χ1) is 18.2. The van der Waals surface area contributed by atoms with Gasteiger partial charge in [0, 0.05) is 23.4 Å². The molecule has 0 aliphatic carbocycles. The predicted molar refractivity (Wildman–Crippen MR) is 126 cm³/mol. The van der Waals surface area contributed by atoms with Gasteiger partial charge >= 0.3 is 17.6 Å². The number of hydrogen-bond acceptors (Lipinski definition) is 11. The molecule has 14 heteroatoms. The number of aliphatic hydroxyl groups is 2. The standard InChI is InChI=1S/C24H22FN3O10/c25-16-5-1-14(2-6-16)22(27-35)15-3-7-17(8-4-15)37-20(31)10-9-19(30)36-13-21(32)38-24(34)28-12-11-18(29)26-23(28)33/h1-8,11-12,21,24,32,34-35H,9-10,13H2,(H,26,29,33)/b27-22+. The van der Waals surface area contributed by atoms with Crippen LogP contribution in [0.5, 0.6) is 5.75 Å². The molecular formula is C24H22FN3O10. The quantitative estimate of drug-likeness (QED) is 0.0681. The SMILES string of the molecule is O=C(CCC(=O)Oc1ccc(/C(=N/O)c2ccc(F)cc2)cc1)OCC(O)OC(O)n1ccc(=O)[nH]c1=O. The van der Waals surface area contributed by atoms with E-state index in [-0.39, 0.29) is 17.9 Å². The van der Waals surface area contributed by atoms with Crippen molar-refractivity contribution < 1.29 is 43.6 Å². The second kappa shape index (κ2) is 13.0. The summed E-state index contributed by atoms with van der Waals surface area (Å²) < 4.78 is 28.3. The van der Waals surface area contributed by atoms with E-state index in [1.165, 1.54) is 48.5 Å². The Morgan fingerprint density at radius 1 is 0.947 bits per heavy atom. The fourth-order valence-corrected chi connectivity index (χ4v) is 3.04. The number of carbonyl (C=O) groups is 2. The van der Waals surface area contributed by atoms with E-state index in [0.29, 0.717) is 15.7 Å². The molecule has 4 N–H and O–H groups in total. The summed E-state index contributed by atoms with van der Waals surface area (Å²) in [6.07, 6.45) is -3.59. The number of carbonyl (C=O) groups excluding carboxylic acids is 2. The van der Waals surface area contributed by atoms with Gasteiger partial charge in [0.05, 0.1) is 12.8 Å². The maximum Gasteiger partial charge on any atom is 0.332 e. The number of benzene rings is 2. The molecule has 0 aliphatic rings. The molecule has 0 fully saturated rings. The molecule has 1 heterocycles. The predicted octanol–water partition coefficient (Wildman–Crippen LogP) is 0.615. The Hall–Kier alpha value is -4.66. The van der Waals surface area contributed by atoms with Crippen LogP contribution in [0.1, 0.15) is 30.4 Å². The Morgan fingerprint density at radius 2 is 1.55 bits per heavy atom. The lowest BCUT2D eigenvalue weighted by atomic mass is 10.0. The maximum absolute atomic E-state index is 13.1. The van der Waals surface area contributed by atoms with E-state index in [2.05, 4.69) is 5.16 Å². The molecule has 0 aliphatic heterocycles. The van der Waals surface area contributed by atoms with Crippen molar-refractivity contribution in [2.24, 2.45) is 5.16 Å². The highest BCUT2D eigenvalue weighted by atomic mass is 19.1. The van der Waals surface area contributed by atoms with E-state index in [1.54, 1.807) is 0 Å². The number of H-pyrrole nitrogens is 1. The average Bonchev–Trinajstić information content (AvgIpc) is 2.88. The van der Waals surface area contributed by atoms with Crippen molar-refractivity contribution >= 4 is 17.7 Å². The Bertz CT molecular complexity index is 1400. The summed E-state index contributed by atoms with van der Waals surface area (Å²) in [4.78, 5) is 48.4. The van der Waals surface area contributed by atoms with Gasteiger partial charge in [-0.1, -0.05) is 5.16 Å². The van der Waals surface area contributed by atoms with Gasteiger partial charge in [-0.15, -0.1) is 0 Å². The molecule has 0 saturated heterocycles. The zero-order valence-electron chi connectivity index (χ0n) is 19.5. The summed E-state index contributed by atoms with van der Waals surface area (Å²) in [5, 5.41) is 32.1. The fourth-order valence-electron chi connectivity index (χ4n) is 3.04. The minimum atomic E-state index is -1.97. The van der Waals surface area contributed by atoms with Crippen LogP contribution in [0.15, 0.2) is 75.5 Å². The molecule has 38 heavy (non-hydrogen) atoms. The van der Waals surface area contributed by atoms with Crippen LogP contribution < -0.4 is 16.0 Å². The van der Waals surface area contributed by atoms with Crippen LogP contribution in [0.4, 0.5) is 4.39 Å². The molecule has 0 spiro atoms. The number of rotatable bonds is 11. The van der Waals surface area contributed by atoms with Gasteiger partial charge < -0.3 is 29.6 Å². The van der Waals surface area contributed by atoms with Gasteiger partial charge in [-0.2, -0.15) is 0 Å². The van der Waals surface area contributed by atoms with Gasteiger partial charge in [0.15, 0.2) is 6.29 Å². The third-order valence-corrected chi connectivity index (χ3v) is 4.87. The molecule has 2 aromatic carbocycles. The number of oxime groups is 1. The number of halogens is 1. The van der Waals surface area contributed by atoms with E-state index in [9.17, 15) is 39.0 Å². The van der Waals surface area contributed by atoms with E-state index in [4.69, 9.17) is 14.2 Å². The normalized spacial score (nSPS) is 13.0. The van der Waals surface area contributed by atoms with E-state index in [1.807, 2.05) is 4.98 Å². The minimum Gasteiger partial charge on any atom is -0.460 e. The van der Waals surface area contributed by atoms with Gasteiger partial charge in [0.2, 0.25) is 6.41 Å². The molecule has 0 amide bonds.